The predicted molar refractivity (Wildman–Crippen MR) is 96.2 cm³/mol. The molecule has 118 valence electrons. The van der Waals surface area contributed by atoms with Crippen molar-refractivity contribution in [2.24, 2.45) is 11.7 Å². The van der Waals surface area contributed by atoms with Crippen LogP contribution in [-0.2, 0) is 6.54 Å². The van der Waals surface area contributed by atoms with Gasteiger partial charge in [-0.2, -0.15) is 0 Å². The van der Waals surface area contributed by atoms with E-state index in [4.69, 9.17) is 5.73 Å². The smallest absolute Gasteiger partial charge is 0.0233 e. The molecule has 1 aliphatic rings. The Morgan fingerprint density at radius 1 is 0.955 bits per heavy atom. The van der Waals surface area contributed by atoms with Gasteiger partial charge in [-0.1, -0.05) is 54.6 Å². The van der Waals surface area contributed by atoms with Crippen molar-refractivity contribution >= 4 is 12.4 Å². The Bertz CT molecular complexity index is 553. The quantitative estimate of drug-likeness (QED) is 0.925. The summed E-state index contributed by atoms with van der Waals surface area (Å²) in [5, 5.41) is 0. The second kappa shape index (κ2) is 8.33. The van der Waals surface area contributed by atoms with E-state index in [1.54, 1.807) is 0 Å². The van der Waals surface area contributed by atoms with Crippen LogP contribution in [0.25, 0.3) is 11.1 Å². The molecule has 2 nitrogen and oxygen atoms in total. The lowest BCUT2D eigenvalue weighted by atomic mass is 9.97. The Labute approximate surface area is 139 Å². The number of halogens is 1. The van der Waals surface area contributed by atoms with Gasteiger partial charge in [-0.25, -0.2) is 0 Å². The van der Waals surface area contributed by atoms with E-state index in [-0.39, 0.29) is 12.4 Å². The van der Waals surface area contributed by atoms with Gasteiger partial charge in [-0.15, -0.1) is 12.4 Å². The second-order valence-electron chi connectivity index (χ2n) is 6.04. The molecule has 1 unspecified atom stereocenters. The van der Waals surface area contributed by atoms with Gasteiger partial charge in [0.05, 0.1) is 0 Å². The van der Waals surface area contributed by atoms with Gasteiger partial charge < -0.3 is 5.73 Å². The van der Waals surface area contributed by atoms with Crippen LogP contribution in [0.3, 0.4) is 0 Å². The number of nitrogens with zero attached hydrogens (tertiary/aromatic N) is 1. The summed E-state index contributed by atoms with van der Waals surface area (Å²) in [4.78, 5) is 2.54. The number of rotatable bonds is 4. The lowest BCUT2D eigenvalue weighted by molar-refractivity contribution is 0.171. The predicted octanol–water partition coefficient (Wildman–Crippen LogP) is 3.95. The zero-order chi connectivity index (χ0) is 14.5. The third-order valence-corrected chi connectivity index (χ3v) is 4.40. The monoisotopic (exact) mass is 316 g/mol. The first-order valence-corrected chi connectivity index (χ1v) is 7.92. The summed E-state index contributed by atoms with van der Waals surface area (Å²) in [6.07, 6.45) is 2.57. The molecule has 1 atom stereocenters. The van der Waals surface area contributed by atoms with E-state index >= 15 is 0 Å². The lowest BCUT2D eigenvalue weighted by Gasteiger charge is -2.32. The van der Waals surface area contributed by atoms with Gasteiger partial charge in [0.1, 0.15) is 0 Å². The van der Waals surface area contributed by atoms with Crippen LogP contribution in [0.4, 0.5) is 0 Å². The van der Waals surface area contributed by atoms with Crippen molar-refractivity contribution in [1.82, 2.24) is 4.90 Å². The largest absolute Gasteiger partial charge is 0.330 e. The van der Waals surface area contributed by atoms with Crippen molar-refractivity contribution in [1.29, 1.82) is 0 Å². The summed E-state index contributed by atoms with van der Waals surface area (Å²) in [6.45, 7) is 4.23. The Morgan fingerprint density at radius 3 is 2.32 bits per heavy atom. The van der Waals surface area contributed by atoms with E-state index < -0.39 is 0 Å². The van der Waals surface area contributed by atoms with Crippen molar-refractivity contribution in [3.63, 3.8) is 0 Å². The first-order valence-electron chi connectivity index (χ1n) is 7.92. The van der Waals surface area contributed by atoms with Gasteiger partial charge in [-0.05, 0) is 48.5 Å². The van der Waals surface area contributed by atoms with Crippen molar-refractivity contribution < 1.29 is 0 Å². The molecule has 2 N–H and O–H groups in total. The normalized spacial score (nSPS) is 18.7. The molecule has 0 bridgehead atoms. The first-order chi connectivity index (χ1) is 10.3. The number of piperidine rings is 1. The zero-order valence-electron chi connectivity index (χ0n) is 12.9. The molecule has 0 saturated carbocycles. The van der Waals surface area contributed by atoms with Gasteiger partial charge in [0.2, 0.25) is 0 Å². The third-order valence-electron chi connectivity index (χ3n) is 4.40. The van der Waals surface area contributed by atoms with Crippen LogP contribution in [0.2, 0.25) is 0 Å². The first kappa shape index (κ1) is 17.0. The van der Waals surface area contributed by atoms with Crippen LogP contribution in [-0.4, -0.2) is 24.5 Å². The van der Waals surface area contributed by atoms with Crippen LogP contribution in [0.15, 0.2) is 54.6 Å². The van der Waals surface area contributed by atoms with Crippen LogP contribution in [0.1, 0.15) is 18.4 Å². The van der Waals surface area contributed by atoms with E-state index in [0.29, 0.717) is 5.92 Å². The van der Waals surface area contributed by atoms with E-state index in [2.05, 4.69) is 59.5 Å². The SMILES string of the molecule is Cl.NCC1CCCN(Cc2ccc(-c3ccccc3)cc2)C1. The summed E-state index contributed by atoms with van der Waals surface area (Å²) in [5.74, 6) is 0.683. The topological polar surface area (TPSA) is 29.3 Å². The van der Waals surface area contributed by atoms with Crippen LogP contribution < -0.4 is 5.73 Å². The molecular weight excluding hydrogens is 292 g/mol. The number of likely N-dealkylation sites (tertiary alicyclic amines) is 1. The molecule has 1 saturated heterocycles. The van der Waals surface area contributed by atoms with Gasteiger partial charge in [0, 0.05) is 13.1 Å². The van der Waals surface area contributed by atoms with Crippen molar-refractivity contribution in [2.45, 2.75) is 19.4 Å². The van der Waals surface area contributed by atoms with Crippen LogP contribution in [0, 0.1) is 5.92 Å². The fourth-order valence-corrected chi connectivity index (χ4v) is 3.18. The molecule has 0 radical (unpaired) electrons. The fraction of sp³-hybridized carbons (Fsp3) is 0.368. The van der Waals surface area contributed by atoms with E-state index in [0.717, 1.165) is 19.6 Å². The molecular formula is C19H25ClN2. The molecule has 3 rings (SSSR count). The van der Waals surface area contributed by atoms with Gasteiger partial charge in [0.15, 0.2) is 0 Å². The molecule has 0 spiro atoms. The molecule has 0 amide bonds. The summed E-state index contributed by atoms with van der Waals surface area (Å²) in [7, 11) is 0. The highest BCUT2D eigenvalue weighted by Gasteiger charge is 2.18. The highest BCUT2D eigenvalue weighted by molar-refractivity contribution is 5.85. The fourth-order valence-electron chi connectivity index (χ4n) is 3.18. The van der Waals surface area contributed by atoms with E-state index in [1.807, 2.05) is 0 Å². The highest BCUT2D eigenvalue weighted by Crippen LogP contribution is 2.21. The van der Waals surface area contributed by atoms with Crippen LogP contribution >= 0.6 is 12.4 Å². The highest BCUT2D eigenvalue weighted by atomic mass is 35.5. The Morgan fingerprint density at radius 2 is 1.64 bits per heavy atom. The van der Waals surface area contributed by atoms with Gasteiger partial charge in [0.25, 0.3) is 0 Å². The van der Waals surface area contributed by atoms with Gasteiger partial charge in [-0.3, -0.25) is 4.90 Å². The number of hydrogen-bond donors (Lipinski definition) is 1. The minimum atomic E-state index is 0. The van der Waals surface area contributed by atoms with Crippen molar-refractivity contribution in [3.05, 3.63) is 60.2 Å². The standard InChI is InChI=1S/C19H24N2.ClH/c20-13-17-5-4-12-21(15-17)14-16-8-10-19(11-9-16)18-6-2-1-3-7-18;/h1-3,6-11,17H,4-5,12-15,20H2;1H. The molecule has 3 heteroatoms. The maximum atomic E-state index is 5.82. The Balaban J connectivity index is 0.00000176. The summed E-state index contributed by atoms with van der Waals surface area (Å²) >= 11 is 0. The molecule has 1 fully saturated rings. The number of benzene rings is 2. The van der Waals surface area contributed by atoms with Gasteiger partial charge >= 0.3 is 0 Å². The molecule has 0 aliphatic carbocycles. The maximum absolute atomic E-state index is 5.82. The van der Waals surface area contributed by atoms with Crippen molar-refractivity contribution in [2.75, 3.05) is 19.6 Å². The minimum absolute atomic E-state index is 0. The average molecular weight is 317 g/mol. The summed E-state index contributed by atoms with van der Waals surface area (Å²) < 4.78 is 0. The van der Waals surface area contributed by atoms with E-state index in [1.165, 1.54) is 36.1 Å². The lowest BCUT2D eigenvalue weighted by Crippen LogP contribution is -2.37. The molecule has 1 aliphatic heterocycles. The molecule has 2 aromatic carbocycles. The maximum Gasteiger partial charge on any atom is 0.0233 e. The zero-order valence-corrected chi connectivity index (χ0v) is 13.8. The van der Waals surface area contributed by atoms with Crippen molar-refractivity contribution in [3.8, 4) is 11.1 Å². The number of nitrogens with two attached hydrogens (primary N) is 1. The second-order valence-corrected chi connectivity index (χ2v) is 6.04. The Hall–Kier alpha value is -1.35. The molecule has 2 aromatic rings. The molecule has 22 heavy (non-hydrogen) atoms. The Kier molecular flexibility index (Phi) is 6.44. The van der Waals surface area contributed by atoms with Crippen LogP contribution in [0.5, 0.6) is 0 Å². The van der Waals surface area contributed by atoms with E-state index in [9.17, 15) is 0 Å². The third kappa shape index (κ3) is 4.33. The summed E-state index contributed by atoms with van der Waals surface area (Å²) in [6, 6.07) is 19.5. The molecule has 1 heterocycles. The minimum Gasteiger partial charge on any atom is -0.330 e. The molecule has 0 aromatic heterocycles. The summed E-state index contributed by atoms with van der Waals surface area (Å²) in [5.41, 5.74) is 9.78. The average Bonchev–Trinajstić information content (AvgIpc) is 2.56. The number of hydrogen-bond acceptors (Lipinski definition) is 2.